The molecular formula is C40H24N2O2. The van der Waals surface area contributed by atoms with Gasteiger partial charge in [-0.3, -0.25) is 0 Å². The van der Waals surface area contributed by atoms with E-state index in [4.69, 9.17) is 9.47 Å². The lowest BCUT2D eigenvalue weighted by Gasteiger charge is -2.19. The van der Waals surface area contributed by atoms with Gasteiger partial charge in [-0.1, -0.05) is 103 Å². The highest BCUT2D eigenvalue weighted by Crippen LogP contribution is 2.44. The first-order valence-electron chi connectivity index (χ1n) is 14.6. The number of benzene rings is 7. The lowest BCUT2D eigenvalue weighted by atomic mass is 9.91. The molecule has 4 heteroatoms. The van der Waals surface area contributed by atoms with Crippen molar-refractivity contribution >= 4 is 32.3 Å². The fourth-order valence-electron chi connectivity index (χ4n) is 6.36. The molecule has 4 nitrogen and oxygen atoms in total. The van der Waals surface area contributed by atoms with Crippen molar-refractivity contribution in [3.63, 3.8) is 0 Å². The van der Waals surface area contributed by atoms with Crippen LogP contribution < -0.4 is 9.47 Å². The summed E-state index contributed by atoms with van der Waals surface area (Å²) in [7, 11) is 0. The third kappa shape index (κ3) is 4.00. The van der Waals surface area contributed by atoms with Gasteiger partial charge in [0.1, 0.15) is 0 Å². The summed E-state index contributed by atoms with van der Waals surface area (Å²) in [5.41, 5.74) is 6.82. The molecule has 1 aliphatic heterocycles. The molecule has 206 valence electrons. The van der Waals surface area contributed by atoms with Gasteiger partial charge in [-0.2, -0.15) is 0 Å². The van der Waals surface area contributed by atoms with Crippen LogP contribution in [-0.2, 0) is 0 Å². The number of hydrogen-bond donors (Lipinski definition) is 0. The van der Waals surface area contributed by atoms with Crippen LogP contribution in [0, 0.1) is 0 Å². The molecule has 7 aromatic carbocycles. The summed E-state index contributed by atoms with van der Waals surface area (Å²) < 4.78 is 11.9. The van der Waals surface area contributed by atoms with Crippen molar-refractivity contribution in [2.24, 2.45) is 0 Å². The zero-order valence-corrected chi connectivity index (χ0v) is 23.6. The topological polar surface area (TPSA) is 44.2 Å². The SMILES string of the molecule is c1cc(-c2cccc(-c3ccc4c5ccccc5c5ccccc5c4c3)c2)cc(-c2ccc3c(c2)Oc2nccnc2O3)c1. The van der Waals surface area contributed by atoms with Crippen LogP contribution in [0.3, 0.4) is 0 Å². The maximum atomic E-state index is 6.00. The van der Waals surface area contributed by atoms with E-state index in [2.05, 4.69) is 125 Å². The van der Waals surface area contributed by atoms with Crippen molar-refractivity contribution in [2.45, 2.75) is 0 Å². The molecule has 0 N–H and O–H groups in total. The van der Waals surface area contributed by atoms with E-state index in [1.165, 1.54) is 43.4 Å². The Hall–Kier alpha value is -6.00. The van der Waals surface area contributed by atoms with E-state index in [1.54, 1.807) is 12.4 Å². The average molecular weight is 565 g/mol. The number of aromatic nitrogens is 2. The summed E-state index contributed by atoms with van der Waals surface area (Å²) in [5.74, 6) is 2.00. The van der Waals surface area contributed by atoms with Gasteiger partial charge < -0.3 is 9.47 Å². The van der Waals surface area contributed by atoms with Gasteiger partial charge in [0, 0.05) is 12.4 Å². The zero-order valence-electron chi connectivity index (χ0n) is 23.6. The molecule has 9 rings (SSSR count). The standard InChI is InChI=1S/C40H24N2O2/c1-2-13-33-31(11-1)32-12-3-4-14-34(32)36-23-29(15-17-35(33)36)27-9-5-7-25(21-27)26-8-6-10-28(22-26)30-16-18-37-38(24-30)44-40-39(43-37)41-19-20-42-40/h1-24H. The van der Waals surface area contributed by atoms with E-state index in [0.717, 1.165) is 22.3 Å². The van der Waals surface area contributed by atoms with Crippen LogP contribution in [0.2, 0.25) is 0 Å². The van der Waals surface area contributed by atoms with Crippen molar-refractivity contribution < 1.29 is 9.47 Å². The molecule has 0 amide bonds. The highest BCUT2D eigenvalue weighted by molar-refractivity contribution is 6.25. The zero-order chi connectivity index (χ0) is 29.0. The van der Waals surface area contributed by atoms with E-state index in [0.29, 0.717) is 23.3 Å². The maximum Gasteiger partial charge on any atom is 0.284 e. The normalized spacial score (nSPS) is 12.0. The molecule has 1 aromatic heterocycles. The third-order valence-corrected chi connectivity index (χ3v) is 8.46. The van der Waals surface area contributed by atoms with Crippen molar-refractivity contribution in [3.8, 4) is 56.6 Å². The molecule has 44 heavy (non-hydrogen) atoms. The first-order chi connectivity index (χ1) is 21.8. The Morgan fingerprint density at radius 3 is 1.32 bits per heavy atom. The molecule has 8 aromatic rings. The molecular weight excluding hydrogens is 540 g/mol. The maximum absolute atomic E-state index is 6.00. The summed E-state index contributed by atoms with van der Waals surface area (Å²) in [6.07, 6.45) is 3.18. The Labute approximate surface area is 253 Å². The summed E-state index contributed by atoms with van der Waals surface area (Å²) in [5, 5.41) is 7.70. The molecule has 0 unspecified atom stereocenters. The predicted molar refractivity (Wildman–Crippen MR) is 177 cm³/mol. The summed E-state index contributed by atoms with van der Waals surface area (Å²) in [6.45, 7) is 0. The van der Waals surface area contributed by atoms with Crippen LogP contribution in [0.5, 0.6) is 23.3 Å². The van der Waals surface area contributed by atoms with Gasteiger partial charge in [0.25, 0.3) is 11.8 Å². The Morgan fingerprint density at radius 1 is 0.318 bits per heavy atom. The number of fused-ring (bicyclic) bond motifs is 8. The lowest BCUT2D eigenvalue weighted by Crippen LogP contribution is -2.02. The lowest BCUT2D eigenvalue weighted by molar-refractivity contribution is 0.336. The van der Waals surface area contributed by atoms with E-state index >= 15 is 0 Å². The van der Waals surface area contributed by atoms with E-state index in [-0.39, 0.29) is 0 Å². The molecule has 2 heterocycles. The molecule has 0 aliphatic carbocycles. The minimum Gasteiger partial charge on any atom is -0.431 e. The molecule has 0 bridgehead atoms. The van der Waals surface area contributed by atoms with Crippen LogP contribution in [0.25, 0.3) is 65.7 Å². The quantitative estimate of drug-likeness (QED) is 0.200. The fourth-order valence-corrected chi connectivity index (χ4v) is 6.36. The van der Waals surface area contributed by atoms with Gasteiger partial charge in [-0.15, -0.1) is 0 Å². The third-order valence-electron chi connectivity index (χ3n) is 8.46. The second-order valence-electron chi connectivity index (χ2n) is 11.0. The van der Waals surface area contributed by atoms with Gasteiger partial charge in [0.2, 0.25) is 0 Å². The molecule has 0 spiro atoms. The van der Waals surface area contributed by atoms with Gasteiger partial charge in [-0.05, 0) is 96.0 Å². The second-order valence-corrected chi connectivity index (χ2v) is 11.0. The minimum absolute atomic E-state index is 0.373. The number of rotatable bonds is 3. The molecule has 0 radical (unpaired) electrons. The first kappa shape index (κ1) is 24.6. The van der Waals surface area contributed by atoms with Crippen LogP contribution >= 0.6 is 0 Å². The Kier molecular flexibility index (Phi) is 5.47. The smallest absolute Gasteiger partial charge is 0.284 e. The molecule has 1 aliphatic rings. The first-order valence-corrected chi connectivity index (χ1v) is 14.6. The number of ether oxygens (including phenoxy) is 2. The molecule has 0 saturated carbocycles. The highest BCUT2D eigenvalue weighted by Gasteiger charge is 2.21. The van der Waals surface area contributed by atoms with Crippen molar-refractivity contribution in [1.82, 2.24) is 9.97 Å². The van der Waals surface area contributed by atoms with Gasteiger partial charge in [-0.25, -0.2) is 9.97 Å². The van der Waals surface area contributed by atoms with Crippen molar-refractivity contribution in [1.29, 1.82) is 0 Å². The minimum atomic E-state index is 0.373. The van der Waals surface area contributed by atoms with E-state index in [1.807, 2.05) is 18.2 Å². The predicted octanol–water partition coefficient (Wildman–Crippen LogP) is 10.8. The average Bonchev–Trinajstić information content (AvgIpc) is 3.10. The van der Waals surface area contributed by atoms with E-state index < -0.39 is 0 Å². The summed E-state index contributed by atoms with van der Waals surface area (Å²) >= 11 is 0. The largest absolute Gasteiger partial charge is 0.431 e. The molecule has 0 fully saturated rings. The molecule has 0 atom stereocenters. The van der Waals surface area contributed by atoms with Gasteiger partial charge in [0.05, 0.1) is 0 Å². The highest BCUT2D eigenvalue weighted by atomic mass is 16.6. The molecule has 0 saturated heterocycles. The second kappa shape index (κ2) is 9.79. The van der Waals surface area contributed by atoms with Gasteiger partial charge in [0.15, 0.2) is 11.5 Å². The Balaban J connectivity index is 1.10. The Bertz CT molecular complexity index is 2380. The van der Waals surface area contributed by atoms with Crippen LogP contribution in [0.15, 0.2) is 146 Å². The summed E-state index contributed by atoms with van der Waals surface area (Å²) in [6, 6.07) is 47.6. The summed E-state index contributed by atoms with van der Waals surface area (Å²) in [4.78, 5) is 8.45. The number of hydrogen-bond acceptors (Lipinski definition) is 4. The Morgan fingerprint density at radius 2 is 0.750 bits per heavy atom. The van der Waals surface area contributed by atoms with Crippen LogP contribution in [0.4, 0.5) is 0 Å². The van der Waals surface area contributed by atoms with Crippen molar-refractivity contribution in [3.05, 3.63) is 146 Å². The van der Waals surface area contributed by atoms with E-state index in [9.17, 15) is 0 Å². The number of nitrogens with zero attached hydrogens (tertiary/aromatic N) is 2. The van der Waals surface area contributed by atoms with Crippen LogP contribution in [-0.4, -0.2) is 9.97 Å². The monoisotopic (exact) mass is 564 g/mol. The van der Waals surface area contributed by atoms with Crippen LogP contribution in [0.1, 0.15) is 0 Å². The fraction of sp³-hybridized carbons (Fsp3) is 0. The van der Waals surface area contributed by atoms with Gasteiger partial charge >= 0.3 is 0 Å². The van der Waals surface area contributed by atoms with Crippen molar-refractivity contribution in [2.75, 3.05) is 0 Å².